The molecule has 1 aromatic carbocycles. The van der Waals surface area contributed by atoms with Crippen LogP contribution in [0.3, 0.4) is 0 Å². The fourth-order valence-corrected chi connectivity index (χ4v) is 1.66. The molecule has 0 saturated carbocycles. The molecule has 18 heavy (non-hydrogen) atoms. The number of hydrogen-bond acceptors (Lipinski definition) is 4. The van der Waals surface area contributed by atoms with Gasteiger partial charge in [0.2, 0.25) is 0 Å². The Labute approximate surface area is 110 Å². The molecule has 0 bridgehead atoms. The smallest absolute Gasteiger partial charge is 0.326 e. The van der Waals surface area contributed by atoms with Gasteiger partial charge < -0.3 is 10.4 Å². The van der Waals surface area contributed by atoms with Crippen LogP contribution in [-0.2, 0) is 4.79 Å². The van der Waals surface area contributed by atoms with Crippen molar-refractivity contribution in [2.75, 3.05) is 5.32 Å². The standard InChI is InChI=1S/C10H10BrFN2O4/c1-2-7(10(15)16)13-8-4-6(12)5(11)3-9(8)14(17)18/h3-4,7,13H,2H2,1H3,(H,15,16). The lowest BCUT2D eigenvalue weighted by Crippen LogP contribution is -2.28. The minimum atomic E-state index is -1.16. The van der Waals surface area contributed by atoms with E-state index in [1.165, 1.54) is 0 Å². The number of hydrogen-bond donors (Lipinski definition) is 2. The van der Waals surface area contributed by atoms with E-state index in [0.717, 1.165) is 12.1 Å². The molecule has 1 atom stereocenters. The van der Waals surface area contributed by atoms with Gasteiger partial charge in [-0.05, 0) is 22.4 Å². The molecule has 0 aromatic heterocycles. The normalized spacial score (nSPS) is 11.9. The molecule has 0 saturated heterocycles. The fraction of sp³-hybridized carbons (Fsp3) is 0.300. The van der Waals surface area contributed by atoms with Crippen molar-refractivity contribution in [2.45, 2.75) is 19.4 Å². The second kappa shape index (κ2) is 5.76. The monoisotopic (exact) mass is 320 g/mol. The quantitative estimate of drug-likeness (QED) is 0.642. The van der Waals surface area contributed by atoms with Crippen LogP contribution in [0.15, 0.2) is 16.6 Å². The van der Waals surface area contributed by atoms with E-state index in [4.69, 9.17) is 5.11 Å². The van der Waals surface area contributed by atoms with E-state index in [1.54, 1.807) is 6.92 Å². The Balaban J connectivity index is 3.18. The molecule has 0 radical (unpaired) electrons. The predicted octanol–water partition coefficient (Wildman–Crippen LogP) is 2.77. The lowest BCUT2D eigenvalue weighted by Gasteiger charge is -2.14. The third kappa shape index (κ3) is 3.16. The van der Waals surface area contributed by atoms with Crippen LogP contribution in [0.4, 0.5) is 15.8 Å². The van der Waals surface area contributed by atoms with Gasteiger partial charge in [0.1, 0.15) is 17.5 Å². The molecule has 0 fully saturated rings. The van der Waals surface area contributed by atoms with Crippen molar-refractivity contribution in [1.29, 1.82) is 0 Å². The third-order valence-electron chi connectivity index (χ3n) is 2.27. The van der Waals surface area contributed by atoms with Crippen molar-refractivity contribution < 1.29 is 19.2 Å². The van der Waals surface area contributed by atoms with Crippen molar-refractivity contribution >= 4 is 33.3 Å². The molecule has 2 N–H and O–H groups in total. The van der Waals surface area contributed by atoms with Crippen LogP contribution in [0.5, 0.6) is 0 Å². The van der Waals surface area contributed by atoms with E-state index in [2.05, 4.69) is 21.2 Å². The first-order valence-corrected chi connectivity index (χ1v) is 5.78. The summed E-state index contributed by atoms with van der Waals surface area (Å²) in [6.45, 7) is 1.60. The zero-order valence-corrected chi connectivity index (χ0v) is 10.9. The van der Waals surface area contributed by atoms with E-state index < -0.39 is 22.8 Å². The first kappa shape index (κ1) is 14.4. The maximum Gasteiger partial charge on any atom is 0.326 e. The van der Waals surface area contributed by atoms with Gasteiger partial charge in [0.05, 0.1) is 9.40 Å². The molecule has 1 rings (SSSR count). The number of benzene rings is 1. The summed E-state index contributed by atoms with van der Waals surface area (Å²) in [5, 5.41) is 22.1. The van der Waals surface area contributed by atoms with Gasteiger partial charge in [-0.1, -0.05) is 6.92 Å². The molecule has 98 valence electrons. The van der Waals surface area contributed by atoms with Crippen molar-refractivity contribution in [2.24, 2.45) is 0 Å². The van der Waals surface area contributed by atoms with Crippen LogP contribution >= 0.6 is 15.9 Å². The average molecular weight is 321 g/mol. The molecule has 0 amide bonds. The zero-order chi connectivity index (χ0) is 13.9. The van der Waals surface area contributed by atoms with Gasteiger partial charge in [0.15, 0.2) is 0 Å². The minimum Gasteiger partial charge on any atom is -0.480 e. The summed E-state index contributed by atoms with van der Waals surface area (Å²) in [5.41, 5.74) is -0.544. The number of halogens is 2. The van der Waals surface area contributed by atoms with E-state index in [-0.39, 0.29) is 22.3 Å². The second-order valence-corrected chi connectivity index (χ2v) is 4.34. The summed E-state index contributed by atoms with van der Waals surface area (Å²) in [7, 11) is 0. The summed E-state index contributed by atoms with van der Waals surface area (Å²) >= 11 is 2.84. The number of nitrogens with one attached hydrogen (secondary N) is 1. The number of carboxylic acid groups (broad SMARTS) is 1. The molecular weight excluding hydrogens is 311 g/mol. The first-order chi connectivity index (χ1) is 8.36. The Morgan fingerprint density at radius 1 is 1.67 bits per heavy atom. The summed E-state index contributed by atoms with van der Waals surface area (Å²) in [4.78, 5) is 20.9. The van der Waals surface area contributed by atoms with Crippen LogP contribution in [0, 0.1) is 15.9 Å². The molecule has 0 spiro atoms. The van der Waals surface area contributed by atoms with Gasteiger partial charge in [-0.2, -0.15) is 0 Å². The van der Waals surface area contributed by atoms with E-state index >= 15 is 0 Å². The van der Waals surface area contributed by atoms with E-state index in [9.17, 15) is 19.3 Å². The predicted molar refractivity (Wildman–Crippen MR) is 66.1 cm³/mol. The molecular formula is C10H10BrFN2O4. The topological polar surface area (TPSA) is 92.5 Å². The molecule has 0 aliphatic carbocycles. The van der Waals surface area contributed by atoms with Gasteiger partial charge in [-0.25, -0.2) is 9.18 Å². The number of carbonyl (C=O) groups is 1. The van der Waals surface area contributed by atoms with E-state index in [0.29, 0.717) is 0 Å². The van der Waals surface area contributed by atoms with Crippen molar-refractivity contribution in [3.63, 3.8) is 0 Å². The molecule has 0 aliphatic rings. The minimum absolute atomic E-state index is 0.0527. The Hall–Kier alpha value is -1.70. The average Bonchev–Trinajstić information content (AvgIpc) is 2.29. The SMILES string of the molecule is CCC(Nc1cc(F)c(Br)cc1[N+](=O)[O-])C(=O)O. The van der Waals surface area contributed by atoms with Crippen LogP contribution < -0.4 is 5.32 Å². The Bertz CT molecular complexity index is 495. The van der Waals surface area contributed by atoms with Crippen molar-refractivity contribution in [3.8, 4) is 0 Å². The van der Waals surface area contributed by atoms with Crippen molar-refractivity contribution in [3.05, 3.63) is 32.5 Å². The van der Waals surface area contributed by atoms with Gasteiger partial charge >= 0.3 is 5.97 Å². The number of carboxylic acids is 1. The number of nitro groups is 1. The van der Waals surface area contributed by atoms with Crippen LogP contribution in [-0.4, -0.2) is 22.0 Å². The number of nitro benzene ring substituents is 1. The van der Waals surface area contributed by atoms with Crippen molar-refractivity contribution in [1.82, 2.24) is 0 Å². The first-order valence-electron chi connectivity index (χ1n) is 4.99. The zero-order valence-electron chi connectivity index (χ0n) is 9.31. The highest BCUT2D eigenvalue weighted by Gasteiger charge is 2.22. The number of aliphatic carboxylic acids is 1. The Morgan fingerprint density at radius 2 is 2.28 bits per heavy atom. The van der Waals surface area contributed by atoms with Gasteiger partial charge in [0.25, 0.3) is 5.69 Å². The summed E-state index contributed by atoms with van der Waals surface area (Å²) in [5.74, 6) is -1.86. The number of anilines is 1. The molecule has 6 nitrogen and oxygen atoms in total. The van der Waals surface area contributed by atoms with Gasteiger partial charge in [0, 0.05) is 12.1 Å². The van der Waals surface area contributed by atoms with Crippen LogP contribution in [0.25, 0.3) is 0 Å². The third-order valence-corrected chi connectivity index (χ3v) is 2.88. The maximum absolute atomic E-state index is 13.3. The molecule has 8 heteroatoms. The molecule has 1 aromatic rings. The van der Waals surface area contributed by atoms with E-state index in [1.807, 2.05) is 0 Å². The largest absolute Gasteiger partial charge is 0.480 e. The number of rotatable bonds is 5. The van der Waals surface area contributed by atoms with Gasteiger partial charge in [-0.3, -0.25) is 10.1 Å². The highest BCUT2D eigenvalue weighted by atomic mass is 79.9. The van der Waals surface area contributed by atoms with Crippen LogP contribution in [0.1, 0.15) is 13.3 Å². The lowest BCUT2D eigenvalue weighted by atomic mass is 10.2. The molecule has 0 aliphatic heterocycles. The Morgan fingerprint density at radius 3 is 2.72 bits per heavy atom. The highest BCUT2D eigenvalue weighted by Crippen LogP contribution is 2.31. The second-order valence-electron chi connectivity index (χ2n) is 3.48. The fourth-order valence-electron chi connectivity index (χ4n) is 1.33. The number of nitrogens with zero attached hydrogens (tertiary/aromatic N) is 1. The lowest BCUT2D eigenvalue weighted by molar-refractivity contribution is -0.384. The maximum atomic E-state index is 13.3. The van der Waals surface area contributed by atoms with Crippen LogP contribution in [0.2, 0.25) is 0 Å². The summed E-state index contributed by atoms with van der Waals surface area (Å²) in [6.07, 6.45) is 0.212. The Kier molecular flexibility index (Phi) is 4.60. The summed E-state index contributed by atoms with van der Waals surface area (Å²) in [6, 6.07) is 0.879. The highest BCUT2D eigenvalue weighted by molar-refractivity contribution is 9.10. The summed E-state index contributed by atoms with van der Waals surface area (Å²) < 4.78 is 13.3. The van der Waals surface area contributed by atoms with Gasteiger partial charge in [-0.15, -0.1) is 0 Å². The molecule has 1 unspecified atom stereocenters. The molecule has 0 heterocycles.